The zero-order chi connectivity index (χ0) is 27.1. The van der Waals surface area contributed by atoms with Crippen molar-refractivity contribution in [2.24, 2.45) is 0 Å². The van der Waals surface area contributed by atoms with Gasteiger partial charge in [-0.2, -0.15) is 18.3 Å². The molecule has 0 aliphatic carbocycles. The van der Waals surface area contributed by atoms with Gasteiger partial charge in [0.2, 0.25) is 0 Å². The highest BCUT2D eigenvalue weighted by molar-refractivity contribution is 9.10. The van der Waals surface area contributed by atoms with E-state index in [0.29, 0.717) is 42.7 Å². The summed E-state index contributed by atoms with van der Waals surface area (Å²) in [6, 6.07) is 21.3. The van der Waals surface area contributed by atoms with E-state index in [1.165, 1.54) is 0 Å². The standard InChI is InChI=1S/C28H22BrClF3N3O2/c29-21-11-9-20(10-12-21)27(38)13-15-35(16-14-27)26(37)19-7-5-18(6-8-19)24-17-25(28(31,32)33)34-36(24)23-4-2-1-3-22(23)30/h1-12,17,38H,13-16H2. The zero-order valence-corrected chi connectivity index (χ0v) is 22.3. The molecule has 5 rings (SSSR count). The minimum atomic E-state index is -4.64. The lowest BCUT2D eigenvalue weighted by molar-refractivity contribution is -0.141. The van der Waals surface area contributed by atoms with Crippen molar-refractivity contribution >= 4 is 33.4 Å². The molecule has 2 heterocycles. The number of halogens is 5. The summed E-state index contributed by atoms with van der Waals surface area (Å²) in [6.07, 6.45) is -3.84. The highest BCUT2D eigenvalue weighted by Gasteiger charge is 2.37. The van der Waals surface area contributed by atoms with Crippen LogP contribution in [0.1, 0.15) is 34.5 Å². The third kappa shape index (κ3) is 5.23. The summed E-state index contributed by atoms with van der Waals surface area (Å²) < 4.78 is 42.6. The van der Waals surface area contributed by atoms with E-state index in [1.54, 1.807) is 53.4 Å². The molecule has 1 amide bonds. The highest BCUT2D eigenvalue weighted by Crippen LogP contribution is 2.36. The molecule has 0 radical (unpaired) electrons. The maximum absolute atomic E-state index is 13.5. The van der Waals surface area contributed by atoms with Crippen LogP contribution in [0.3, 0.4) is 0 Å². The van der Waals surface area contributed by atoms with Crippen molar-refractivity contribution in [3.8, 4) is 16.9 Å². The minimum absolute atomic E-state index is 0.196. The summed E-state index contributed by atoms with van der Waals surface area (Å²) in [5.74, 6) is -0.204. The number of amides is 1. The average molecular weight is 605 g/mol. The molecule has 1 aliphatic rings. The molecule has 1 aliphatic heterocycles. The van der Waals surface area contributed by atoms with Crippen LogP contribution >= 0.6 is 27.5 Å². The molecule has 0 saturated carbocycles. The van der Waals surface area contributed by atoms with Crippen LogP contribution in [0.25, 0.3) is 16.9 Å². The topological polar surface area (TPSA) is 58.4 Å². The number of nitrogens with zero attached hydrogens (tertiary/aromatic N) is 3. The number of likely N-dealkylation sites (tertiary alicyclic amines) is 1. The second-order valence-corrected chi connectivity index (χ2v) is 10.5. The zero-order valence-electron chi connectivity index (χ0n) is 19.9. The van der Waals surface area contributed by atoms with Gasteiger partial charge in [-0.1, -0.05) is 63.9 Å². The molecule has 1 aromatic heterocycles. The average Bonchev–Trinajstić information content (AvgIpc) is 3.35. The molecule has 4 aromatic rings. The molecule has 1 N–H and O–H groups in total. The predicted octanol–water partition coefficient (Wildman–Crippen LogP) is 7.10. The summed E-state index contributed by atoms with van der Waals surface area (Å²) in [5, 5.41) is 15.1. The number of alkyl halides is 3. The molecule has 3 aromatic carbocycles. The Morgan fingerprint density at radius 2 is 1.61 bits per heavy atom. The lowest BCUT2D eigenvalue weighted by Crippen LogP contribution is -2.45. The van der Waals surface area contributed by atoms with Crippen molar-refractivity contribution in [3.05, 3.63) is 105 Å². The van der Waals surface area contributed by atoms with Gasteiger partial charge in [0.05, 0.1) is 22.0 Å². The van der Waals surface area contributed by atoms with Gasteiger partial charge in [0.25, 0.3) is 5.91 Å². The summed E-state index contributed by atoms with van der Waals surface area (Å²) in [6.45, 7) is 0.753. The van der Waals surface area contributed by atoms with Crippen LogP contribution in [-0.4, -0.2) is 38.8 Å². The molecular weight excluding hydrogens is 583 g/mol. The molecule has 0 unspecified atom stereocenters. The number of benzene rings is 3. The summed E-state index contributed by atoms with van der Waals surface area (Å²) >= 11 is 9.64. The fraction of sp³-hybridized carbons (Fsp3) is 0.214. The van der Waals surface area contributed by atoms with Gasteiger partial charge in [-0.3, -0.25) is 4.79 Å². The third-order valence-corrected chi connectivity index (χ3v) is 7.62. The maximum atomic E-state index is 13.5. The summed E-state index contributed by atoms with van der Waals surface area (Å²) in [7, 11) is 0. The molecule has 196 valence electrons. The van der Waals surface area contributed by atoms with Crippen molar-refractivity contribution in [3.63, 3.8) is 0 Å². The van der Waals surface area contributed by atoms with Gasteiger partial charge in [-0.05, 0) is 60.9 Å². The molecule has 0 bridgehead atoms. The van der Waals surface area contributed by atoms with Gasteiger partial charge in [0.15, 0.2) is 5.69 Å². The number of hydrogen-bond donors (Lipinski definition) is 1. The normalized spacial score (nSPS) is 15.5. The van der Waals surface area contributed by atoms with E-state index in [4.69, 9.17) is 11.6 Å². The van der Waals surface area contributed by atoms with Gasteiger partial charge >= 0.3 is 6.18 Å². The smallest absolute Gasteiger partial charge is 0.385 e. The Balaban J connectivity index is 1.36. The number of rotatable bonds is 4. The minimum Gasteiger partial charge on any atom is -0.385 e. The fourth-order valence-corrected chi connectivity index (χ4v) is 5.11. The van der Waals surface area contributed by atoms with Crippen LogP contribution in [0.4, 0.5) is 13.2 Å². The van der Waals surface area contributed by atoms with Crippen molar-refractivity contribution in [2.75, 3.05) is 13.1 Å². The Bertz CT molecular complexity index is 1460. The highest BCUT2D eigenvalue weighted by atomic mass is 79.9. The van der Waals surface area contributed by atoms with Crippen molar-refractivity contribution in [2.45, 2.75) is 24.6 Å². The first-order valence-electron chi connectivity index (χ1n) is 11.9. The fourth-order valence-electron chi connectivity index (χ4n) is 4.63. The quantitative estimate of drug-likeness (QED) is 0.270. The van der Waals surface area contributed by atoms with Crippen LogP contribution in [0.2, 0.25) is 5.02 Å². The van der Waals surface area contributed by atoms with Crippen LogP contribution in [0, 0.1) is 0 Å². The Hall–Kier alpha value is -3.14. The molecule has 0 spiro atoms. The Morgan fingerprint density at radius 3 is 2.21 bits per heavy atom. The largest absolute Gasteiger partial charge is 0.435 e. The molecule has 10 heteroatoms. The van der Waals surface area contributed by atoms with Crippen molar-refractivity contribution < 1.29 is 23.1 Å². The van der Waals surface area contributed by atoms with Crippen LogP contribution in [0.5, 0.6) is 0 Å². The van der Waals surface area contributed by atoms with E-state index in [0.717, 1.165) is 20.8 Å². The van der Waals surface area contributed by atoms with Gasteiger partial charge < -0.3 is 10.0 Å². The van der Waals surface area contributed by atoms with Crippen LogP contribution < -0.4 is 0 Å². The predicted molar refractivity (Wildman–Crippen MR) is 142 cm³/mol. The monoisotopic (exact) mass is 603 g/mol. The molecule has 0 atom stereocenters. The molecule has 1 saturated heterocycles. The second-order valence-electron chi connectivity index (χ2n) is 9.18. The van der Waals surface area contributed by atoms with Crippen molar-refractivity contribution in [1.82, 2.24) is 14.7 Å². The number of aliphatic hydroxyl groups is 1. The maximum Gasteiger partial charge on any atom is 0.435 e. The third-order valence-electron chi connectivity index (χ3n) is 6.77. The Morgan fingerprint density at radius 1 is 0.974 bits per heavy atom. The first kappa shape index (κ1) is 26.5. The number of carbonyl (C=O) groups is 1. The van der Waals surface area contributed by atoms with Crippen LogP contribution in [-0.2, 0) is 11.8 Å². The first-order chi connectivity index (χ1) is 18.0. The van der Waals surface area contributed by atoms with Crippen molar-refractivity contribution in [1.29, 1.82) is 0 Å². The second kappa shape index (κ2) is 10.2. The molecule has 5 nitrogen and oxygen atoms in total. The number of carbonyl (C=O) groups excluding carboxylic acids is 1. The summed E-state index contributed by atoms with van der Waals surface area (Å²) in [4.78, 5) is 14.8. The van der Waals surface area contributed by atoms with Gasteiger partial charge in [0.1, 0.15) is 0 Å². The van der Waals surface area contributed by atoms with E-state index in [-0.39, 0.29) is 16.6 Å². The lowest BCUT2D eigenvalue weighted by atomic mass is 9.84. The molecular formula is C28H22BrClF3N3O2. The SMILES string of the molecule is O=C(c1ccc(-c2cc(C(F)(F)F)nn2-c2ccccc2Cl)cc1)N1CCC(O)(c2ccc(Br)cc2)CC1. The van der Waals surface area contributed by atoms with Gasteiger partial charge in [-0.15, -0.1) is 0 Å². The van der Waals surface area contributed by atoms with E-state index in [2.05, 4.69) is 21.0 Å². The van der Waals surface area contributed by atoms with E-state index < -0.39 is 17.5 Å². The number of piperidine rings is 1. The molecule has 38 heavy (non-hydrogen) atoms. The Labute approximate surface area is 230 Å². The number of aromatic nitrogens is 2. The molecule has 1 fully saturated rings. The van der Waals surface area contributed by atoms with E-state index in [9.17, 15) is 23.1 Å². The Kier molecular flexibility index (Phi) is 7.11. The van der Waals surface area contributed by atoms with Crippen LogP contribution in [0.15, 0.2) is 83.3 Å². The van der Waals surface area contributed by atoms with Gasteiger partial charge in [0, 0.05) is 28.7 Å². The number of para-hydroxylation sites is 1. The first-order valence-corrected chi connectivity index (χ1v) is 13.0. The van der Waals surface area contributed by atoms with E-state index >= 15 is 0 Å². The lowest BCUT2D eigenvalue weighted by Gasteiger charge is -2.38. The van der Waals surface area contributed by atoms with Gasteiger partial charge in [-0.25, -0.2) is 4.68 Å². The van der Waals surface area contributed by atoms with E-state index in [1.807, 2.05) is 24.3 Å². The summed E-state index contributed by atoms with van der Waals surface area (Å²) in [5.41, 5.74) is 0.127. The number of hydrogen-bond acceptors (Lipinski definition) is 3.